The van der Waals surface area contributed by atoms with Gasteiger partial charge in [0.1, 0.15) is 12.8 Å². The van der Waals surface area contributed by atoms with E-state index in [0.717, 1.165) is 19.3 Å². The lowest BCUT2D eigenvalue weighted by Gasteiger charge is -2.20. The summed E-state index contributed by atoms with van der Waals surface area (Å²) < 4.78 is 15.6. The Morgan fingerprint density at radius 2 is 1.84 bits per heavy atom. The molecular weight excluding hydrogens is 277 g/mol. The van der Waals surface area contributed by atoms with Crippen molar-refractivity contribution in [3.8, 4) is 0 Å². The summed E-state index contributed by atoms with van der Waals surface area (Å²) in [6.45, 7) is 1.33. The van der Waals surface area contributed by atoms with E-state index in [-0.39, 0.29) is 6.61 Å². The highest BCUT2D eigenvalue weighted by Gasteiger charge is 2.26. The van der Waals surface area contributed by atoms with Gasteiger partial charge in [-0.25, -0.2) is 4.79 Å². The van der Waals surface area contributed by atoms with E-state index in [1.54, 1.807) is 0 Å². The van der Waals surface area contributed by atoms with Crippen LogP contribution in [0.25, 0.3) is 0 Å². The first kappa shape index (κ1) is 17.9. The summed E-state index contributed by atoms with van der Waals surface area (Å²) in [5.74, 6) is -1.36. The lowest BCUT2D eigenvalue weighted by atomic mass is 10.2. The summed E-state index contributed by atoms with van der Waals surface area (Å²) in [7, 11) is -4.52. The number of nitrogens with zero attached hydrogens (tertiary/aromatic N) is 1. The van der Waals surface area contributed by atoms with Crippen LogP contribution in [0.5, 0.6) is 0 Å². The van der Waals surface area contributed by atoms with Crippen molar-refractivity contribution < 1.29 is 33.8 Å². The molecule has 0 aromatic carbocycles. The number of carboxylic acid groups (broad SMARTS) is 1. The van der Waals surface area contributed by atoms with Crippen LogP contribution in [0.4, 0.5) is 4.79 Å². The molecular formula is C10H20NO7P. The molecule has 0 rings (SSSR count). The van der Waals surface area contributed by atoms with E-state index in [1.807, 2.05) is 6.92 Å². The monoisotopic (exact) mass is 297 g/mol. The molecule has 0 atom stereocenters. The number of amides is 1. The van der Waals surface area contributed by atoms with Crippen molar-refractivity contribution in [2.75, 3.05) is 19.4 Å². The number of hydrogen-bond donors (Lipinski definition) is 3. The zero-order valence-corrected chi connectivity index (χ0v) is 11.7. The summed E-state index contributed by atoms with van der Waals surface area (Å²) in [5.41, 5.74) is 0. The minimum absolute atomic E-state index is 0.107. The highest BCUT2D eigenvalue weighted by atomic mass is 31.2. The van der Waals surface area contributed by atoms with Gasteiger partial charge in [0.25, 0.3) is 0 Å². The quantitative estimate of drug-likeness (QED) is 0.431. The van der Waals surface area contributed by atoms with Crippen LogP contribution < -0.4 is 0 Å². The zero-order chi connectivity index (χ0) is 14.9. The lowest BCUT2D eigenvalue weighted by molar-refractivity contribution is -0.137. The topological polar surface area (TPSA) is 124 Å². The molecule has 112 valence electrons. The standard InChI is InChI=1S/C10H20NO7P/c1-2-3-4-5-6-18-10(14)11(7-9(12)13)8-19(15,16)17/h2-8H2,1H3,(H,12,13)(H2,15,16,17). The van der Waals surface area contributed by atoms with E-state index in [1.165, 1.54) is 0 Å². The number of hydrogen-bond acceptors (Lipinski definition) is 4. The minimum Gasteiger partial charge on any atom is -0.480 e. The van der Waals surface area contributed by atoms with Crippen LogP contribution in [0.15, 0.2) is 0 Å². The Balaban J connectivity index is 4.23. The van der Waals surface area contributed by atoms with Crippen molar-refractivity contribution in [3.63, 3.8) is 0 Å². The number of ether oxygens (including phenoxy) is 1. The van der Waals surface area contributed by atoms with Crippen molar-refractivity contribution in [2.24, 2.45) is 0 Å². The van der Waals surface area contributed by atoms with Gasteiger partial charge in [-0.2, -0.15) is 0 Å². The second kappa shape index (κ2) is 8.90. The predicted octanol–water partition coefficient (Wildman–Crippen LogP) is 1.23. The van der Waals surface area contributed by atoms with E-state index in [2.05, 4.69) is 0 Å². The molecule has 0 fully saturated rings. The fourth-order valence-electron chi connectivity index (χ4n) is 1.34. The van der Waals surface area contributed by atoms with Crippen molar-refractivity contribution in [1.29, 1.82) is 0 Å². The van der Waals surface area contributed by atoms with Crippen LogP contribution in [0.3, 0.4) is 0 Å². The summed E-state index contributed by atoms with van der Waals surface area (Å²) in [5, 5.41) is 8.57. The summed E-state index contributed by atoms with van der Waals surface area (Å²) in [6.07, 6.45) is 1.54. The van der Waals surface area contributed by atoms with Crippen LogP contribution in [0, 0.1) is 0 Å². The van der Waals surface area contributed by atoms with Crippen LogP contribution in [-0.2, 0) is 14.1 Å². The first-order valence-corrected chi connectivity index (χ1v) is 7.74. The van der Waals surface area contributed by atoms with Crippen LogP contribution in [0.1, 0.15) is 32.6 Å². The Kier molecular flexibility index (Phi) is 8.38. The highest BCUT2D eigenvalue weighted by Crippen LogP contribution is 2.35. The molecule has 3 N–H and O–H groups in total. The Morgan fingerprint density at radius 1 is 1.21 bits per heavy atom. The molecule has 1 amide bonds. The number of rotatable bonds is 9. The largest absolute Gasteiger partial charge is 0.480 e. The molecule has 0 aliphatic heterocycles. The lowest BCUT2D eigenvalue weighted by Crippen LogP contribution is -2.37. The molecule has 0 bridgehead atoms. The van der Waals surface area contributed by atoms with Crippen molar-refractivity contribution in [1.82, 2.24) is 4.90 Å². The van der Waals surface area contributed by atoms with Gasteiger partial charge in [0.05, 0.1) is 6.61 Å². The number of unbranched alkanes of at least 4 members (excludes halogenated alkanes) is 3. The Hall–Kier alpha value is -1.11. The summed E-state index contributed by atoms with van der Waals surface area (Å²) in [4.78, 5) is 40.0. The Morgan fingerprint density at radius 3 is 2.32 bits per heavy atom. The van der Waals surface area contributed by atoms with Gasteiger partial charge in [0.15, 0.2) is 0 Å². The van der Waals surface area contributed by atoms with Gasteiger partial charge in [0, 0.05) is 0 Å². The highest BCUT2D eigenvalue weighted by molar-refractivity contribution is 7.51. The van der Waals surface area contributed by atoms with E-state index in [0.29, 0.717) is 11.3 Å². The fourth-order valence-corrected chi connectivity index (χ4v) is 2.00. The molecule has 0 aromatic rings. The van der Waals surface area contributed by atoms with Gasteiger partial charge in [-0.15, -0.1) is 0 Å². The molecule has 0 aliphatic rings. The SMILES string of the molecule is CCCCCCOC(=O)N(CC(=O)O)CP(=O)(O)O. The first-order valence-electron chi connectivity index (χ1n) is 5.94. The summed E-state index contributed by atoms with van der Waals surface area (Å²) in [6, 6.07) is 0. The van der Waals surface area contributed by atoms with E-state index >= 15 is 0 Å². The van der Waals surface area contributed by atoms with Gasteiger partial charge in [-0.05, 0) is 6.42 Å². The van der Waals surface area contributed by atoms with Crippen molar-refractivity contribution in [3.05, 3.63) is 0 Å². The molecule has 0 radical (unpaired) electrons. The van der Waals surface area contributed by atoms with Crippen LogP contribution in [0.2, 0.25) is 0 Å². The molecule has 0 unspecified atom stereocenters. The molecule has 8 nitrogen and oxygen atoms in total. The maximum Gasteiger partial charge on any atom is 0.410 e. The van der Waals surface area contributed by atoms with Crippen molar-refractivity contribution >= 4 is 19.7 Å². The fraction of sp³-hybridized carbons (Fsp3) is 0.800. The smallest absolute Gasteiger partial charge is 0.410 e. The summed E-state index contributed by atoms with van der Waals surface area (Å²) >= 11 is 0. The predicted molar refractivity (Wildman–Crippen MR) is 66.7 cm³/mol. The van der Waals surface area contributed by atoms with Crippen LogP contribution >= 0.6 is 7.60 Å². The third-order valence-electron chi connectivity index (χ3n) is 2.16. The van der Waals surface area contributed by atoms with Gasteiger partial charge in [0.2, 0.25) is 0 Å². The maximum absolute atomic E-state index is 11.5. The minimum atomic E-state index is -4.52. The maximum atomic E-state index is 11.5. The Bertz CT molecular complexity index is 341. The third-order valence-corrected chi connectivity index (χ3v) is 2.87. The molecule has 0 saturated heterocycles. The number of carbonyl (C=O) groups excluding carboxylic acids is 1. The molecule has 19 heavy (non-hydrogen) atoms. The van der Waals surface area contributed by atoms with Crippen molar-refractivity contribution in [2.45, 2.75) is 32.6 Å². The average molecular weight is 297 g/mol. The molecule has 0 aliphatic carbocycles. The molecule has 0 aromatic heterocycles. The number of carbonyl (C=O) groups is 2. The number of aliphatic carboxylic acids is 1. The normalized spacial score (nSPS) is 11.1. The van der Waals surface area contributed by atoms with Gasteiger partial charge in [-0.3, -0.25) is 14.3 Å². The Labute approximate surface area is 111 Å². The third kappa shape index (κ3) is 10.5. The average Bonchev–Trinajstić information content (AvgIpc) is 2.25. The van der Waals surface area contributed by atoms with E-state index in [4.69, 9.17) is 19.6 Å². The van der Waals surface area contributed by atoms with Gasteiger partial charge < -0.3 is 19.6 Å². The second-order valence-corrected chi connectivity index (χ2v) is 5.69. The molecule has 0 spiro atoms. The molecule has 9 heteroatoms. The molecule has 0 heterocycles. The van der Waals surface area contributed by atoms with Gasteiger partial charge in [-0.1, -0.05) is 26.2 Å². The molecule has 0 saturated carbocycles. The van der Waals surface area contributed by atoms with Crippen LogP contribution in [-0.4, -0.2) is 51.3 Å². The first-order chi connectivity index (χ1) is 8.76. The second-order valence-electron chi connectivity index (χ2n) is 4.07. The number of carboxylic acids is 1. The van der Waals surface area contributed by atoms with E-state index in [9.17, 15) is 14.2 Å². The zero-order valence-electron chi connectivity index (χ0n) is 10.8. The van der Waals surface area contributed by atoms with E-state index < -0.39 is 32.5 Å². The van der Waals surface area contributed by atoms with Gasteiger partial charge >= 0.3 is 19.7 Å².